The van der Waals surface area contributed by atoms with E-state index in [1.807, 2.05) is 0 Å². The minimum absolute atomic E-state index is 0.202. The van der Waals surface area contributed by atoms with Crippen LogP contribution in [0.25, 0.3) is 0 Å². The van der Waals surface area contributed by atoms with Crippen molar-refractivity contribution in [2.24, 2.45) is 0 Å². The van der Waals surface area contributed by atoms with Crippen molar-refractivity contribution in [3.05, 3.63) is 0 Å². The van der Waals surface area contributed by atoms with Gasteiger partial charge in [-0.15, -0.1) is 0 Å². The summed E-state index contributed by atoms with van der Waals surface area (Å²) in [6.45, 7) is 3.00. The van der Waals surface area contributed by atoms with Crippen molar-refractivity contribution in [1.29, 1.82) is 0 Å². The number of ether oxygens (including phenoxy) is 3. The molecular weight excluding hydrogens is 230 g/mol. The Labute approximate surface area is 99.6 Å². The Morgan fingerprint density at radius 2 is 1.35 bits per heavy atom. The number of nitrogens with zero attached hydrogens (tertiary/aromatic N) is 1. The number of hydrogen-bond acceptors (Lipinski definition) is 6. The number of hydrogen-bond donors (Lipinski definition) is 0. The van der Waals surface area contributed by atoms with Gasteiger partial charge in [-0.25, -0.2) is 4.79 Å². The van der Waals surface area contributed by atoms with Crippen LogP contribution in [0.1, 0.15) is 13.8 Å². The average Bonchev–Trinajstić information content (AvgIpc) is 2.27. The van der Waals surface area contributed by atoms with Crippen molar-refractivity contribution in [2.45, 2.75) is 13.8 Å². The van der Waals surface area contributed by atoms with Gasteiger partial charge in [0, 0.05) is 0 Å². The molecule has 0 radical (unpaired) electrons. The maximum absolute atomic E-state index is 11.3. The molecule has 17 heavy (non-hydrogen) atoms. The molecule has 0 unspecified atom stereocenters. The van der Waals surface area contributed by atoms with Gasteiger partial charge in [0.1, 0.15) is 13.1 Å². The molecule has 1 amide bonds. The van der Waals surface area contributed by atoms with Crippen molar-refractivity contribution in [3.63, 3.8) is 0 Å². The number of amides is 1. The zero-order chi connectivity index (χ0) is 13.3. The Bertz CT molecular complexity index is 258. The first-order valence-electron chi connectivity index (χ1n) is 5.19. The van der Waals surface area contributed by atoms with E-state index in [2.05, 4.69) is 14.2 Å². The summed E-state index contributed by atoms with van der Waals surface area (Å²) in [6, 6.07) is 0. The first-order valence-corrected chi connectivity index (χ1v) is 5.19. The average molecular weight is 247 g/mol. The third kappa shape index (κ3) is 6.39. The minimum atomic E-state index is -0.786. The third-order valence-corrected chi connectivity index (χ3v) is 1.68. The van der Waals surface area contributed by atoms with Gasteiger partial charge >= 0.3 is 18.0 Å². The molecule has 0 N–H and O–H groups in total. The van der Waals surface area contributed by atoms with Crippen molar-refractivity contribution in [3.8, 4) is 0 Å². The highest BCUT2D eigenvalue weighted by Crippen LogP contribution is 1.96. The first kappa shape index (κ1) is 15.2. The summed E-state index contributed by atoms with van der Waals surface area (Å²) in [5.41, 5.74) is 0. The van der Waals surface area contributed by atoms with Crippen LogP contribution in [0.3, 0.4) is 0 Å². The lowest BCUT2D eigenvalue weighted by Gasteiger charge is -2.18. The summed E-state index contributed by atoms with van der Waals surface area (Å²) in [4.78, 5) is 34.6. The number of esters is 2. The molecule has 0 aromatic carbocycles. The van der Waals surface area contributed by atoms with E-state index in [0.29, 0.717) is 0 Å². The summed E-state index contributed by atoms with van der Waals surface area (Å²) >= 11 is 0. The van der Waals surface area contributed by atoms with Gasteiger partial charge in [0.05, 0.1) is 20.3 Å². The van der Waals surface area contributed by atoms with E-state index in [1.54, 1.807) is 13.8 Å². The lowest BCUT2D eigenvalue weighted by molar-refractivity contribution is -0.147. The molecule has 0 aromatic heterocycles. The van der Waals surface area contributed by atoms with Gasteiger partial charge in [0.15, 0.2) is 0 Å². The highest BCUT2D eigenvalue weighted by molar-refractivity contribution is 5.82. The summed E-state index contributed by atoms with van der Waals surface area (Å²) in [6.07, 6.45) is -0.786. The SMILES string of the molecule is CCOC(=O)CN(CC(=O)OCC)C(=O)OC. The minimum Gasteiger partial charge on any atom is -0.465 e. The first-order chi connectivity index (χ1) is 8.04. The maximum atomic E-state index is 11.3. The van der Waals surface area contributed by atoms with Crippen LogP contribution in [0.15, 0.2) is 0 Å². The quantitative estimate of drug-likeness (QED) is 0.492. The largest absolute Gasteiger partial charge is 0.465 e. The second-order valence-corrected chi connectivity index (χ2v) is 2.94. The van der Waals surface area contributed by atoms with Gasteiger partial charge in [-0.05, 0) is 13.8 Å². The normalized spacial score (nSPS) is 9.35. The van der Waals surface area contributed by atoms with E-state index >= 15 is 0 Å². The molecular formula is C10H17NO6. The van der Waals surface area contributed by atoms with Crippen LogP contribution in [0, 0.1) is 0 Å². The van der Waals surface area contributed by atoms with Crippen molar-refractivity contribution < 1.29 is 28.6 Å². The summed E-state index contributed by atoms with van der Waals surface area (Å²) in [5, 5.41) is 0. The maximum Gasteiger partial charge on any atom is 0.410 e. The molecule has 0 spiro atoms. The fourth-order valence-electron chi connectivity index (χ4n) is 1.04. The molecule has 7 nitrogen and oxygen atoms in total. The number of rotatable bonds is 6. The highest BCUT2D eigenvalue weighted by Gasteiger charge is 2.21. The Morgan fingerprint density at radius 1 is 0.941 bits per heavy atom. The molecule has 98 valence electrons. The molecule has 0 aliphatic carbocycles. The Balaban J connectivity index is 4.38. The predicted molar refractivity (Wildman–Crippen MR) is 57.2 cm³/mol. The molecule has 0 saturated heterocycles. The van der Waals surface area contributed by atoms with E-state index in [4.69, 9.17) is 0 Å². The van der Waals surface area contributed by atoms with E-state index in [9.17, 15) is 14.4 Å². The summed E-state index contributed by atoms with van der Waals surface area (Å²) in [5.74, 6) is -1.22. The smallest absolute Gasteiger partial charge is 0.410 e. The molecule has 0 heterocycles. The van der Waals surface area contributed by atoms with Crippen LogP contribution in [-0.4, -0.2) is 56.3 Å². The topological polar surface area (TPSA) is 82.1 Å². The van der Waals surface area contributed by atoms with Gasteiger partial charge in [-0.2, -0.15) is 0 Å². The summed E-state index contributed by atoms with van der Waals surface area (Å²) < 4.78 is 13.8. The van der Waals surface area contributed by atoms with E-state index in [0.717, 1.165) is 12.0 Å². The van der Waals surface area contributed by atoms with Crippen LogP contribution >= 0.6 is 0 Å². The fourth-order valence-corrected chi connectivity index (χ4v) is 1.04. The predicted octanol–water partition coefficient (Wildman–Crippen LogP) is 0.181. The van der Waals surface area contributed by atoms with Gasteiger partial charge in [0.25, 0.3) is 0 Å². The van der Waals surface area contributed by atoms with Crippen LogP contribution in [0.4, 0.5) is 4.79 Å². The standard InChI is InChI=1S/C10H17NO6/c1-4-16-8(12)6-11(10(14)15-3)7-9(13)17-5-2/h4-7H2,1-3H3. The highest BCUT2D eigenvalue weighted by atomic mass is 16.6. The van der Waals surface area contributed by atoms with Gasteiger partial charge in [0.2, 0.25) is 0 Å². The number of carbonyl (C=O) groups excluding carboxylic acids is 3. The van der Waals surface area contributed by atoms with E-state index < -0.39 is 18.0 Å². The zero-order valence-electron chi connectivity index (χ0n) is 10.2. The zero-order valence-corrected chi connectivity index (χ0v) is 10.2. The third-order valence-electron chi connectivity index (χ3n) is 1.68. The van der Waals surface area contributed by atoms with E-state index in [1.165, 1.54) is 0 Å². The summed E-state index contributed by atoms with van der Waals surface area (Å²) in [7, 11) is 1.16. The van der Waals surface area contributed by atoms with Crippen LogP contribution in [0.2, 0.25) is 0 Å². The molecule has 0 aromatic rings. The molecule has 0 rings (SSSR count). The van der Waals surface area contributed by atoms with Gasteiger partial charge in [-0.3, -0.25) is 14.5 Å². The fraction of sp³-hybridized carbons (Fsp3) is 0.700. The van der Waals surface area contributed by atoms with Gasteiger partial charge < -0.3 is 14.2 Å². The molecule has 0 fully saturated rings. The van der Waals surface area contributed by atoms with Crippen LogP contribution in [0.5, 0.6) is 0 Å². The molecule has 0 bridgehead atoms. The van der Waals surface area contributed by atoms with Crippen molar-refractivity contribution in [2.75, 3.05) is 33.4 Å². The molecule has 7 heteroatoms. The monoisotopic (exact) mass is 247 g/mol. The number of methoxy groups -OCH3 is 1. The van der Waals surface area contributed by atoms with Crippen molar-refractivity contribution >= 4 is 18.0 Å². The van der Waals surface area contributed by atoms with Gasteiger partial charge in [-0.1, -0.05) is 0 Å². The van der Waals surface area contributed by atoms with E-state index in [-0.39, 0.29) is 26.3 Å². The van der Waals surface area contributed by atoms with Crippen molar-refractivity contribution in [1.82, 2.24) is 4.90 Å². The molecule has 0 aliphatic rings. The lowest BCUT2D eigenvalue weighted by atomic mass is 10.5. The molecule has 0 aliphatic heterocycles. The second-order valence-electron chi connectivity index (χ2n) is 2.94. The lowest BCUT2D eigenvalue weighted by Crippen LogP contribution is -2.40. The molecule has 0 saturated carbocycles. The van der Waals surface area contributed by atoms with Crippen LogP contribution in [-0.2, 0) is 23.8 Å². The second kappa shape index (κ2) is 8.37. The Kier molecular flexibility index (Phi) is 7.49. The number of carbonyl (C=O) groups is 3. The van der Waals surface area contributed by atoms with Crippen LogP contribution < -0.4 is 0 Å². The Hall–Kier alpha value is -1.79. The molecule has 0 atom stereocenters. The Morgan fingerprint density at radius 3 is 1.65 bits per heavy atom.